The van der Waals surface area contributed by atoms with Gasteiger partial charge in [-0.15, -0.1) is 0 Å². The summed E-state index contributed by atoms with van der Waals surface area (Å²) in [7, 11) is 1.87. The zero-order chi connectivity index (χ0) is 18.5. The van der Waals surface area contributed by atoms with E-state index in [1.165, 1.54) is 12.1 Å². The fraction of sp³-hybridized carbons (Fsp3) is 0.350. The van der Waals surface area contributed by atoms with Crippen molar-refractivity contribution in [2.45, 2.75) is 18.9 Å². The van der Waals surface area contributed by atoms with E-state index in [9.17, 15) is 14.3 Å². The molecule has 1 unspecified atom stereocenters. The molecule has 2 N–H and O–H groups in total. The van der Waals surface area contributed by atoms with Gasteiger partial charge in [0.2, 0.25) is 5.91 Å². The Kier molecular flexibility index (Phi) is 5.85. The summed E-state index contributed by atoms with van der Waals surface area (Å²) in [6, 6.07) is 11.6. The third-order valence-electron chi connectivity index (χ3n) is 4.62. The minimum Gasteiger partial charge on any atom is -0.492 e. The molecule has 1 heterocycles. The maximum atomic E-state index is 13.4. The third-order valence-corrected chi connectivity index (χ3v) is 4.62. The van der Waals surface area contributed by atoms with Crippen LogP contribution in [-0.4, -0.2) is 42.7 Å². The van der Waals surface area contributed by atoms with Crippen molar-refractivity contribution in [3.63, 3.8) is 0 Å². The van der Waals surface area contributed by atoms with Crippen molar-refractivity contribution in [2.75, 3.05) is 32.1 Å². The van der Waals surface area contributed by atoms with E-state index >= 15 is 0 Å². The van der Waals surface area contributed by atoms with Crippen molar-refractivity contribution in [2.24, 2.45) is 0 Å². The predicted octanol–water partition coefficient (Wildman–Crippen LogP) is 2.75. The van der Waals surface area contributed by atoms with Crippen LogP contribution in [0.5, 0.6) is 5.75 Å². The Hall–Kier alpha value is -2.44. The highest BCUT2D eigenvalue weighted by atomic mass is 19.1. The Bertz CT molecular complexity index is 781. The molecular formula is C20H23FN2O3. The minimum absolute atomic E-state index is 0.0418. The van der Waals surface area contributed by atoms with Gasteiger partial charge in [-0.25, -0.2) is 4.39 Å². The number of aliphatic hydroxyl groups excluding tert-OH is 1. The number of ether oxygens (including phenoxy) is 1. The van der Waals surface area contributed by atoms with Gasteiger partial charge < -0.3 is 15.2 Å². The zero-order valence-corrected chi connectivity index (χ0v) is 14.7. The molecule has 3 rings (SSSR count). The normalized spacial score (nSPS) is 14.7. The molecule has 0 aliphatic carbocycles. The van der Waals surface area contributed by atoms with Crippen LogP contribution in [0.2, 0.25) is 0 Å². The van der Waals surface area contributed by atoms with E-state index in [-0.39, 0.29) is 24.4 Å². The molecule has 0 saturated heterocycles. The van der Waals surface area contributed by atoms with Crippen LogP contribution in [0, 0.1) is 5.82 Å². The number of carbonyl (C=O) groups is 1. The Morgan fingerprint density at radius 2 is 2.12 bits per heavy atom. The van der Waals surface area contributed by atoms with Gasteiger partial charge in [-0.05, 0) is 54.9 Å². The van der Waals surface area contributed by atoms with E-state index in [1.807, 2.05) is 30.1 Å². The Morgan fingerprint density at radius 3 is 2.88 bits per heavy atom. The quantitative estimate of drug-likeness (QED) is 0.799. The SMILES string of the molecule is CN(CCOc1ccc2c(c1)CCC(=O)N2)C(CO)c1cccc(F)c1. The first-order chi connectivity index (χ1) is 12.6. The van der Waals surface area contributed by atoms with Crippen molar-refractivity contribution in [3.8, 4) is 5.75 Å². The molecule has 0 radical (unpaired) electrons. The van der Waals surface area contributed by atoms with Crippen LogP contribution in [0.4, 0.5) is 10.1 Å². The summed E-state index contributed by atoms with van der Waals surface area (Å²) < 4.78 is 19.2. The number of anilines is 1. The Morgan fingerprint density at radius 1 is 1.27 bits per heavy atom. The fourth-order valence-corrected chi connectivity index (χ4v) is 3.13. The number of aryl methyl sites for hydroxylation is 1. The van der Waals surface area contributed by atoms with Gasteiger partial charge in [0.15, 0.2) is 0 Å². The van der Waals surface area contributed by atoms with Gasteiger partial charge in [0.25, 0.3) is 0 Å². The molecule has 0 aromatic heterocycles. The predicted molar refractivity (Wildman–Crippen MR) is 97.7 cm³/mol. The summed E-state index contributed by atoms with van der Waals surface area (Å²) in [5, 5.41) is 12.5. The third kappa shape index (κ3) is 4.39. The number of nitrogens with zero attached hydrogens (tertiary/aromatic N) is 1. The number of fused-ring (bicyclic) bond motifs is 1. The van der Waals surface area contributed by atoms with E-state index in [0.717, 1.165) is 22.6 Å². The van der Waals surface area contributed by atoms with Crippen molar-refractivity contribution in [3.05, 3.63) is 59.4 Å². The highest BCUT2D eigenvalue weighted by Gasteiger charge is 2.17. The van der Waals surface area contributed by atoms with Crippen molar-refractivity contribution in [1.82, 2.24) is 4.90 Å². The smallest absolute Gasteiger partial charge is 0.224 e. The average molecular weight is 358 g/mol. The number of halogens is 1. The Labute approximate surface area is 152 Å². The highest BCUT2D eigenvalue weighted by Crippen LogP contribution is 2.27. The van der Waals surface area contributed by atoms with Crippen LogP contribution in [0.25, 0.3) is 0 Å². The van der Waals surface area contributed by atoms with Gasteiger partial charge in [-0.3, -0.25) is 9.69 Å². The maximum Gasteiger partial charge on any atom is 0.224 e. The van der Waals surface area contributed by atoms with Crippen LogP contribution in [0.3, 0.4) is 0 Å². The second kappa shape index (κ2) is 8.29. The number of likely N-dealkylation sites (N-methyl/N-ethyl adjacent to an activating group) is 1. The van der Waals surface area contributed by atoms with Crippen molar-refractivity contribution < 1.29 is 19.0 Å². The molecule has 5 nitrogen and oxygen atoms in total. The van der Waals surface area contributed by atoms with Crippen molar-refractivity contribution in [1.29, 1.82) is 0 Å². The highest BCUT2D eigenvalue weighted by molar-refractivity contribution is 5.93. The number of benzene rings is 2. The lowest BCUT2D eigenvalue weighted by molar-refractivity contribution is -0.116. The molecule has 0 spiro atoms. The van der Waals surface area contributed by atoms with Gasteiger partial charge in [-0.1, -0.05) is 12.1 Å². The summed E-state index contributed by atoms with van der Waals surface area (Å²) >= 11 is 0. The molecule has 1 aliphatic heterocycles. The van der Waals surface area contributed by atoms with E-state index in [4.69, 9.17) is 4.74 Å². The number of hydrogen-bond acceptors (Lipinski definition) is 4. The summed E-state index contributed by atoms with van der Waals surface area (Å²) in [5.74, 6) is 0.478. The lowest BCUT2D eigenvalue weighted by Crippen LogP contribution is -2.31. The fourth-order valence-electron chi connectivity index (χ4n) is 3.13. The largest absolute Gasteiger partial charge is 0.492 e. The molecule has 1 aliphatic rings. The maximum absolute atomic E-state index is 13.4. The van der Waals surface area contributed by atoms with Gasteiger partial charge in [-0.2, -0.15) is 0 Å². The minimum atomic E-state index is -0.313. The Balaban J connectivity index is 1.56. The van der Waals surface area contributed by atoms with E-state index in [1.54, 1.807) is 12.1 Å². The summed E-state index contributed by atoms with van der Waals surface area (Å²) in [5.41, 5.74) is 2.65. The van der Waals surface area contributed by atoms with Crippen LogP contribution >= 0.6 is 0 Å². The molecule has 6 heteroatoms. The second-order valence-corrected chi connectivity index (χ2v) is 6.45. The van der Waals surface area contributed by atoms with Crippen LogP contribution < -0.4 is 10.1 Å². The van der Waals surface area contributed by atoms with E-state index in [2.05, 4.69) is 5.32 Å². The van der Waals surface area contributed by atoms with E-state index in [0.29, 0.717) is 26.0 Å². The lowest BCUT2D eigenvalue weighted by Gasteiger charge is -2.27. The molecule has 1 amide bonds. The molecule has 2 aromatic carbocycles. The molecule has 26 heavy (non-hydrogen) atoms. The number of nitrogens with one attached hydrogen (secondary N) is 1. The lowest BCUT2D eigenvalue weighted by atomic mass is 10.0. The van der Waals surface area contributed by atoms with Crippen LogP contribution in [0.1, 0.15) is 23.6 Å². The summed E-state index contributed by atoms with van der Waals surface area (Å²) in [6.45, 7) is 0.918. The first-order valence-electron chi connectivity index (χ1n) is 8.69. The first-order valence-corrected chi connectivity index (χ1v) is 8.69. The number of carbonyl (C=O) groups excluding carboxylic acids is 1. The number of amides is 1. The molecule has 138 valence electrons. The number of rotatable bonds is 7. The molecule has 0 saturated carbocycles. The number of hydrogen-bond donors (Lipinski definition) is 2. The van der Waals surface area contributed by atoms with Gasteiger partial charge >= 0.3 is 0 Å². The summed E-state index contributed by atoms with van der Waals surface area (Å²) in [4.78, 5) is 13.3. The molecular weight excluding hydrogens is 335 g/mol. The molecule has 0 bridgehead atoms. The summed E-state index contributed by atoms with van der Waals surface area (Å²) in [6.07, 6.45) is 1.20. The van der Waals surface area contributed by atoms with E-state index < -0.39 is 0 Å². The topological polar surface area (TPSA) is 61.8 Å². The van der Waals surface area contributed by atoms with Gasteiger partial charge in [0, 0.05) is 18.7 Å². The van der Waals surface area contributed by atoms with Gasteiger partial charge in [0.1, 0.15) is 18.2 Å². The monoisotopic (exact) mass is 358 g/mol. The molecule has 0 fully saturated rings. The first kappa shape index (κ1) is 18.4. The van der Waals surface area contributed by atoms with Gasteiger partial charge in [0.05, 0.1) is 12.6 Å². The zero-order valence-electron chi connectivity index (χ0n) is 14.7. The second-order valence-electron chi connectivity index (χ2n) is 6.45. The van der Waals surface area contributed by atoms with Crippen molar-refractivity contribution >= 4 is 11.6 Å². The average Bonchev–Trinajstić information content (AvgIpc) is 2.62. The standard InChI is InChI=1S/C20H23FN2O3/c1-23(19(13-24)15-3-2-4-16(21)11-15)9-10-26-17-6-7-18-14(12-17)5-8-20(25)22-18/h2-4,6-7,11-12,19,24H,5,8-10,13H2,1H3,(H,22,25). The molecule has 2 aromatic rings. The number of aliphatic hydroxyl groups is 1. The molecule has 1 atom stereocenters. The van der Waals surface area contributed by atoms with Crippen LogP contribution in [-0.2, 0) is 11.2 Å². The van der Waals surface area contributed by atoms with Crippen LogP contribution in [0.15, 0.2) is 42.5 Å².